The summed E-state index contributed by atoms with van der Waals surface area (Å²) in [7, 11) is -4.69. The average molecular weight is 446 g/mol. The van der Waals surface area contributed by atoms with Crippen LogP contribution in [0.15, 0.2) is 12.1 Å². The number of benzene rings is 1. The van der Waals surface area contributed by atoms with Crippen LogP contribution >= 0.6 is 0 Å². The molecular formula is C18H14N4O8S. The van der Waals surface area contributed by atoms with Crippen LogP contribution < -0.4 is 19.9 Å². The first-order valence-electron chi connectivity index (χ1n) is 8.21. The van der Waals surface area contributed by atoms with E-state index in [9.17, 15) is 23.7 Å². The first kappa shape index (κ1) is 24.9. The van der Waals surface area contributed by atoms with Crippen LogP contribution in [-0.2, 0) is 24.1 Å². The lowest BCUT2D eigenvalue weighted by molar-refractivity contribution is -0.128. The summed E-state index contributed by atoms with van der Waals surface area (Å²) in [6.45, 7) is 13.7. The van der Waals surface area contributed by atoms with E-state index in [1.165, 1.54) is 12.1 Å². The fourth-order valence-corrected chi connectivity index (χ4v) is 2.40. The SMILES string of the molecule is [C-]#[N+]C(C#N)=c1cc(OCCOS(=O)(=O)O)c(=C(C#N)[N+]#[C-])cc1OCCCOC=O. The predicted molar refractivity (Wildman–Crippen MR) is 102 cm³/mol. The molecule has 0 saturated carbocycles. The number of carbonyl (C=O) groups excluding carboxylic acids is 1. The molecule has 0 atom stereocenters. The second-order valence-electron chi connectivity index (χ2n) is 5.26. The third-order valence-electron chi connectivity index (χ3n) is 3.33. The Morgan fingerprint density at radius 3 is 1.94 bits per heavy atom. The van der Waals surface area contributed by atoms with Crippen molar-refractivity contribution in [2.24, 2.45) is 0 Å². The minimum atomic E-state index is -4.69. The third-order valence-corrected chi connectivity index (χ3v) is 3.80. The molecule has 31 heavy (non-hydrogen) atoms. The summed E-state index contributed by atoms with van der Waals surface area (Å²) in [6.07, 6.45) is 0.288. The molecule has 0 spiro atoms. The second kappa shape index (κ2) is 12.4. The molecule has 0 bridgehead atoms. The Balaban J connectivity index is 3.50. The summed E-state index contributed by atoms with van der Waals surface area (Å²) in [6, 6.07) is 5.80. The maximum Gasteiger partial charge on any atom is 0.397 e. The molecule has 0 aromatic heterocycles. The van der Waals surface area contributed by atoms with E-state index < -0.39 is 29.3 Å². The summed E-state index contributed by atoms with van der Waals surface area (Å²) in [5.74, 6) is -0.110. The van der Waals surface area contributed by atoms with E-state index in [1.807, 2.05) is 0 Å². The van der Waals surface area contributed by atoms with Crippen LogP contribution in [-0.4, -0.2) is 45.9 Å². The molecule has 0 saturated heterocycles. The van der Waals surface area contributed by atoms with Crippen LogP contribution in [0.2, 0.25) is 0 Å². The molecule has 13 heteroatoms. The molecular weight excluding hydrogens is 432 g/mol. The number of ether oxygens (including phenoxy) is 3. The number of nitriles is 2. The number of carbonyl (C=O) groups is 1. The second-order valence-corrected chi connectivity index (χ2v) is 6.35. The van der Waals surface area contributed by atoms with Crippen molar-refractivity contribution in [1.82, 2.24) is 0 Å². The number of hydrogen-bond donors (Lipinski definition) is 1. The highest BCUT2D eigenvalue weighted by Crippen LogP contribution is 2.13. The van der Waals surface area contributed by atoms with Crippen LogP contribution in [0.1, 0.15) is 6.42 Å². The molecule has 0 aliphatic carbocycles. The van der Waals surface area contributed by atoms with Gasteiger partial charge >= 0.3 is 10.4 Å². The van der Waals surface area contributed by atoms with Crippen molar-refractivity contribution < 1.29 is 36.2 Å². The molecule has 0 amide bonds. The smallest absolute Gasteiger partial charge is 0.397 e. The van der Waals surface area contributed by atoms with Gasteiger partial charge in [0.2, 0.25) is 0 Å². The van der Waals surface area contributed by atoms with Crippen molar-refractivity contribution in [2.75, 3.05) is 26.4 Å². The van der Waals surface area contributed by atoms with E-state index in [1.54, 1.807) is 12.1 Å². The van der Waals surface area contributed by atoms with Gasteiger partial charge in [-0.3, -0.25) is 9.35 Å². The monoisotopic (exact) mass is 446 g/mol. The minimum Gasteiger partial charge on any atom is -0.494 e. The van der Waals surface area contributed by atoms with Gasteiger partial charge in [0, 0.05) is 16.9 Å². The Morgan fingerprint density at radius 1 is 1.00 bits per heavy atom. The normalized spacial score (nSPS) is 12.2. The van der Waals surface area contributed by atoms with Crippen molar-refractivity contribution in [1.29, 1.82) is 10.5 Å². The van der Waals surface area contributed by atoms with Gasteiger partial charge in [0.05, 0.1) is 38.5 Å². The van der Waals surface area contributed by atoms with Crippen LogP contribution in [0, 0.1) is 35.8 Å². The number of hydrogen-bond acceptors (Lipinski definition) is 9. The summed E-state index contributed by atoms with van der Waals surface area (Å²) < 4.78 is 49.4. The van der Waals surface area contributed by atoms with Crippen LogP contribution in [0.4, 0.5) is 0 Å². The molecule has 0 aliphatic rings. The van der Waals surface area contributed by atoms with Gasteiger partial charge in [-0.25, -0.2) is 24.4 Å². The van der Waals surface area contributed by atoms with Gasteiger partial charge in [-0.1, -0.05) is 0 Å². The zero-order valence-electron chi connectivity index (χ0n) is 15.8. The van der Waals surface area contributed by atoms with Gasteiger partial charge in [0.15, 0.2) is 0 Å². The Morgan fingerprint density at radius 2 is 1.52 bits per heavy atom. The molecule has 1 aromatic carbocycles. The van der Waals surface area contributed by atoms with Gasteiger partial charge in [-0.05, 0) is 12.1 Å². The number of nitrogens with zero attached hydrogens (tertiary/aromatic N) is 4. The quantitative estimate of drug-likeness (QED) is 0.210. The van der Waals surface area contributed by atoms with Gasteiger partial charge < -0.3 is 14.2 Å². The maximum absolute atomic E-state index is 10.6. The lowest BCUT2D eigenvalue weighted by Crippen LogP contribution is -2.22. The lowest BCUT2D eigenvalue weighted by Gasteiger charge is -2.12. The highest BCUT2D eigenvalue weighted by atomic mass is 32.3. The van der Waals surface area contributed by atoms with Crippen molar-refractivity contribution in [3.05, 3.63) is 45.4 Å². The molecule has 0 unspecified atom stereocenters. The van der Waals surface area contributed by atoms with Crippen LogP contribution in [0.5, 0.6) is 11.5 Å². The summed E-state index contributed by atoms with van der Waals surface area (Å²) >= 11 is 0. The minimum absolute atomic E-state index is 0.00512. The van der Waals surface area contributed by atoms with Crippen LogP contribution in [0.25, 0.3) is 21.1 Å². The van der Waals surface area contributed by atoms with Crippen molar-refractivity contribution in [3.8, 4) is 23.6 Å². The molecule has 0 fully saturated rings. The molecule has 1 rings (SSSR count). The molecule has 0 radical (unpaired) electrons. The fraction of sp³-hybridized carbons (Fsp3) is 0.278. The highest BCUT2D eigenvalue weighted by Gasteiger charge is 2.12. The third kappa shape index (κ3) is 8.01. The summed E-state index contributed by atoms with van der Waals surface area (Å²) in [5.41, 5.74) is -0.765. The standard InChI is InChI=1S/C18H14N4O8S/c1-21-15(10-19)13-9-18(29-6-7-30-31(24,25)26)14(16(11-20)22-2)8-17(13)28-5-3-4-27-12-23/h8-9,12H,3-7H2,(H,24,25,26). The molecule has 160 valence electrons. The molecule has 1 N–H and O–H groups in total. The van der Waals surface area contributed by atoms with Gasteiger partial charge in [0.1, 0.15) is 24.7 Å². The van der Waals surface area contributed by atoms with E-state index in [2.05, 4.69) is 18.6 Å². The Kier molecular flexibility index (Phi) is 9.98. The van der Waals surface area contributed by atoms with Gasteiger partial charge in [-0.2, -0.15) is 8.42 Å². The molecule has 0 heterocycles. The molecule has 0 aliphatic heterocycles. The van der Waals surface area contributed by atoms with Crippen molar-refractivity contribution >= 4 is 28.3 Å². The Hall–Kier alpha value is -4.14. The van der Waals surface area contributed by atoms with E-state index in [-0.39, 0.29) is 53.7 Å². The average Bonchev–Trinajstić information content (AvgIpc) is 2.73. The lowest BCUT2D eigenvalue weighted by atomic mass is 10.1. The summed E-state index contributed by atoms with van der Waals surface area (Å²) in [5, 5.41) is 18.4. The van der Waals surface area contributed by atoms with Crippen molar-refractivity contribution in [2.45, 2.75) is 6.42 Å². The maximum atomic E-state index is 10.6. The van der Waals surface area contributed by atoms with Gasteiger partial charge in [0.25, 0.3) is 17.9 Å². The first-order chi connectivity index (χ1) is 14.8. The zero-order chi connectivity index (χ0) is 23.3. The summed E-state index contributed by atoms with van der Waals surface area (Å²) in [4.78, 5) is 16.4. The fourth-order valence-electron chi connectivity index (χ4n) is 2.12. The highest BCUT2D eigenvalue weighted by molar-refractivity contribution is 7.80. The Bertz CT molecular complexity index is 1180. The number of rotatable bonds is 11. The predicted octanol–water partition coefficient (Wildman–Crippen LogP) is -0.0712. The van der Waals surface area contributed by atoms with E-state index in [4.69, 9.17) is 27.2 Å². The van der Waals surface area contributed by atoms with Gasteiger partial charge in [-0.15, -0.1) is 0 Å². The van der Waals surface area contributed by atoms with E-state index in [0.717, 1.165) is 0 Å². The molecule has 12 nitrogen and oxygen atoms in total. The topological polar surface area (TPSA) is 165 Å². The largest absolute Gasteiger partial charge is 0.494 e. The molecule has 1 aromatic rings. The van der Waals surface area contributed by atoms with E-state index >= 15 is 0 Å². The Labute approximate surface area is 177 Å². The van der Waals surface area contributed by atoms with Crippen molar-refractivity contribution in [3.63, 3.8) is 0 Å². The first-order valence-corrected chi connectivity index (χ1v) is 9.58. The zero-order valence-corrected chi connectivity index (χ0v) is 16.6. The van der Waals surface area contributed by atoms with E-state index in [0.29, 0.717) is 0 Å². The van der Waals surface area contributed by atoms with Crippen LogP contribution in [0.3, 0.4) is 0 Å².